The summed E-state index contributed by atoms with van der Waals surface area (Å²) in [7, 11) is -3.40. The summed E-state index contributed by atoms with van der Waals surface area (Å²) < 4.78 is 23.4. The number of piperidine rings is 1. The average molecular weight is 491 g/mol. The lowest BCUT2D eigenvalue weighted by Crippen LogP contribution is -2.48. The molecule has 3 saturated heterocycles. The lowest BCUT2D eigenvalue weighted by atomic mass is 9.92. The normalized spacial score (nSPS) is 24.0. The zero-order chi connectivity index (χ0) is 24.7. The molecule has 184 valence electrons. The number of amides is 5. The monoisotopic (exact) mass is 490 g/mol. The van der Waals surface area contributed by atoms with Crippen molar-refractivity contribution in [3.05, 3.63) is 29.8 Å². The Morgan fingerprint density at radius 2 is 1.59 bits per heavy atom. The Hall–Kier alpha value is -2.95. The number of hydrogen-bond acceptors (Lipinski definition) is 6. The minimum Gasteiger partial charge on any atom is -0.342 e. The van der Waals surface area contributed by atoms with Crippen molar-refractivity contribution in [3.63, 3.8) is 0 Å². The highest BCUT2D eigenvalue weighted by molar-refractivity contribution is 7.90. The van der Waals surface area contributed by atoms with E-state index in [9.17, 15) is 27.6 Å². The maximum atomic E-state index is 13.1. The maximum Gasteiger partial charge on any atom is 0.325 e. The van der Waals surface area contributed by atoms with Crippen LogP contribution in [0.4, 0.5) is 4.79 Å². The van der Waals surface area contributed by atoms with Crippen molar-refractivity contribution in [2.24, 2.45) is 5.92 Å². The Morgan fingerprint density at radius 3 is 2.15 bits per heavy atom. The smallest absolute Gasteiger partial charge is 0.325 e. The van der Waals surface area contributed by atoms with E-state index >= 15 is 0 Å². The number of rotatable bonds is 5. The molecule has 0 spiro atoms. The molecule has 0 aromatic heterocycles. The van der Waals surface area contributed by atoms with Gasteiger partial charge < -0.3 is 15.1 Å². The lowest BCUT2D eigenvalue weighted by molar-refractivity contribution is -0.142. The second-order valence-electron chi connectivity index (χ2n) is 9.43. The van der Waals surface area contributed by atoms with Gasteiger partial charge in [0.2, 0.25) is 11.8 Å². The van der Waals surface area contributed by atoms with E-state index in [1.807, 2.05) is 4.90 Å². The third-order valence-corrected chi connectivity index (χ3v) is 8.17. The van der Waals surface area contributed by atoms with Gasteiger partial charge in [0.05, 0.1) is 4.90 Å². The molecule has 34 heavy (non-hydrogen) atoms. The molecule has 0 bridgehead atoms. The predicted molar refractivity (Wildman–Crippen MR) is 122 cm³/mol. The highest BCUT2D eigenvalue weighted by Crippen LogP contribution is 2.30. The Labute approximate surface area is 199 Å². The molecule has 3 heterocycles. The van der Waals surface area contributed by atoms with Gasteiger partial charge in [0.25, 0.3) is 5.91 Å². The van der Waals surface area contributed by atoms with E-state index in [1.54, 1.807) is 4.90 Å². The number of urea groups is 1. The second kappa shape index (κ2) is 9.01. The van der Waals surface area contributed by atoms with Crippen molar-refractivity contribution >= 4 is 33.6 Å². The number of likely N-dealkylation sites (tertiary alicyclic amines) is 2. The van der Waals surface area contributed by atoms with Crippen molar-refractivity contribution in [2.75, 3.05) is 39.0 Å². The molecule has 1 aromatic carbocycles. The summed E-state index contributed by atoms with van der Waals surface area (Å²) in [6.07, 6.45) is 4.31. The SMILES string of the molecule is C[C@]1(c2ccc(S(C)(=O)=O)cc2)NC(=O)N(CC(=O)N2CCC(C(=O)N3CCCC3)CC2)C1=O. The number of nitrogens with zero attached hydrogens (tertiary/aromatic N) is 3. The van der Waals surface area contributed by atoms with Gasteiger partial charge in [0.15, 0.2) is 9.84 Å². The Morgan fingerprint density at radius 1 is 1.00 bits per heavy atom. The van der Waals surface area contributed by atoms with Gasteiger partial charge in [-0.15, -0.1) is 0 Å². The minimum atomic E-state index is -3.40. The standard InChI is InChI=1S/C23H30N4O6S/c1-23(17-5-7-18(8-6-17)34(2,32)33)21(30)27(22(31)24-23)15-19(28)25-13-9-16(10-14-25)20(29)26-11-3-4-12-26/h5-8,16H,3-4,9-15H2,1-2H3,(H,24,31)/t23-/m1/s1. The summed E-state index contributed by atoms with van der Waals surface area (Å²) in [6.45, 7) is 3.59. The van der Waals surface area contributed by atoms with Crippen LogP contribution in [0.3, 0.4) is 0 Å². The molecule has 11 heteroatoms. The largest absolute Gasteiger partial charge is 0.342 e. The summed E-state index contributed by atoms with van der Waals surface area (Å²) >= 11 is 0. The van der Waals surface area contributed by atoms with Crippen LogP contribution >= 0.6 is 0 Å². The average Bonchev–Trinajstić information content (AvgIpc) is 3.42. The van der Waals surface area contributed by atoms with Crippen LogP contribution in [0.2, 0.25) is 0 Å². The number of carbonyl (C=O) groups is 4. The van der Waals surface area contributed by atoms with Crippen molar-refractivity contribution in [3.8, 4) is 0 Å². The first-order valence-corrected chi connectivity index (χ1v) is 13.4. The van der Waals surface area contributed by atoms with Crippen LogP contribution < -0.4 is 5.32 Å². The number of carbonyl (C=O) groups excluding carboxylic acids is 4. The minimum absolute atomic E-state index is 0.0861. The molecule has 4 rings (SSSR count). The van der Waals surface area contributed by atoms with E-state index in [4.69, 9.17) is 0 Å². The quantitative estimate of drug-likeness (QED) is 0.607. The summed E-state index contributed by atoms with van der Waals surface area (Å²) in [5, 5.41) is 2.63. The van der Waals surface area contributed by atoms with Gasteiger partial charge in [-0.3, -0.25) is 19.3 Å². The van der Waals surface area contributed by atoms with Gasteiger partial charge in [-0.2, -0.15) is 0 Å². The molecule has 0 radical (unpaired) electrons. The lowest BCUT2D eigenvalue weighted by Gasteiger charge is -2.33. The van der Waals surface area contributed by atoms with Crippen molar-refractivity contribution < 1.29 is 27.6 Å². The van der Waals surface area contributed by atoms with Crippen molar-refractivity contribution in [1.29, 1.82) is 0 Å². The predicted octanol–water partition coefficient (Wildman–Crippen LogP) is 0.718. The first-order valence-electron chi connectivity index (χ1n) is 11.5. The van der Waals surface area contributed by atoms with Gasteiger partial charge in [-0.05, 0) is 50.3 Å². The molecule has 3 aliphatic heterocycles. The van der Waals surface area contributed by atoms with Crippen LogP contribution in [0, 0.1) is 5.92 Å². The number of sulfone groups is 1. The fourth-order valence-corrected chi connectivity index (χ4v) is 5.51. The van der Waals surface area contributed by atoms with Crippen LogP contribution in [-0.2, 0) is 29.8 Å². The Kier molecular flexibility index (Phi) is 6.41. The molecule has 1 atom stereocenters. The number of benzene rings is 1. The van der Waals surface area contributed by atoms with Gasteiger partial charge in [-0.25, -0.2) is 13.2 Å². The van der Waals surface area contributed by atoms with E-state index in [2.05, 4.69) is 5.32 Å². The second-order valence-corrected chi connectivity index (χ2v) is 11.4. The molecule has 3 aliphatic rings. The third-order valence-electron chi connectivity index (χ3n) is 7.04. The van der Waals surface area contributed by atoms with E-state index in [1.165, 1.54) is 31.2 Å². The number of nitrogens with one attached hydrogen (secondary N) is 1. The van der Waals surface area contributed by atoms with E-state index in [0.29, 0.717) is 31.5 Å². The van der Waals surface area contributed by atoms with Gasteiger partial charge >= 0.3 is 6.03 Å². The summed E-state index contributed by atoms with van der Waals surface area (Å²) in [6, 6.07) is 5.07. The molecule has 10 nitrogen and oxygen atoms in total. The van der Waals surface area contributed by atoms with Crippen LogP contribution in [0.5, 0.6) is 0 Å². The topological polar surface area (TPSA) is 124 Å². The maximum absolute atomic E-state index is 13.1. The van der Waals surface area contributed by atoms with Crippen LogP contribution in [0.1, 0.15) is 38.2 Å². The Bertz CT molecular complexity index is 1100. The molecule has 0 saturated carbocycles. The van der Waals surface area contributed by atoms with Gasteiger partial charge in [0.1, 0.15) is 12.1 Å². The molecule has 0 unspecified atom stereocenters. The van der Waals surface area contributed by atoms with Crippen LogP contribution in [0.25, 0.3) is 0 Å². The third kappa shape index (κ3) is 4.53. The molecule has 1 N–H and O–H groups in total. The van der Waals surface area contributed by atoms with E-state index in [-0.39, 0.29) is 29.2 Å². The van der Waals surface area contributed by atoms with Crippen molar-refractivity contribution in [2.45, 2.75) is 43.0 Å². The van der Waals surface area contributed by atoms with Crippen LogP contribution in [0.15, 0.2) is 29.2 Å². The summed E-state index contributed by atoms with van der Waals surface area (Å²) in [5.41, 5.74) is -0.975. The molecular weight excluding hydrogens is 460 g/mol. The fourth-order valence-electron chi connectivity index (χ4n) is 4.88. The highest BCUT2D eigenvalue weighted by Gasteiger charge is 2.50. The summed E-state index contributed by atoms with van der Waals surface area (Å²) in [4.78, 5) is 55.7. The molecule has 1 aromatic rings. The van der Waals surface area contributed by atoms with Gasteiger partial charge in [0, 0.05) is 38.4 Å². The van der Waals surface area contributed by atoms with E-state index in [0.717, 1.165) is 37.1 Å². The highest BCUT2D eigenvalue weighted by atomic mass is 32.2. The first kappa shape index (κ1) is 24.2. The molecule has 3 fully saturated rings. The zero-order valence-electron chi connectivity index (χ0n) is 19.5. The molecule has 0 aliphatic carbocycles. The van der Waals surface area contributed by atoms with Gasteiger partial charge in [-0.1, -0.05) is 12.1 Å². The molecular formula is C23H30N4O6S. The van der Waals surface area contributed by atoms with Crippen molar-refractivity contribution in [1.82, 2.24) is 20.0 Å². The number of imide groups is 1. The van der Waals surface area contributed by atoms with E-state index < -0.39 is 27.3 Å². The fraction of sp³-hybridized carbons (Fsp3) is 0.565. The molecule has 5 amide bonds. The van der Waals surface area contributed by atoms with Crippen LogP contribution in [-0.4, -0.2) is 85.8 Å². The first-order chi connectivity index (χ1) is 16.0. The number of hydrogen-bond donors (Lipinski definition) is 1. The zero-order valence-corrected chi connectivity index (χ0v) is 20.3. The summed E-state index contributed by atoms with van der Waals surface area (Å²) in [5.74, 6) is -0.835. The Balaban J connectivity index is 1.37.